The van der Waals surface area contributed by atoms with Crippen molar-refractivity contribution in [1.29, 1.82) is 0 Å². The van der Waals surface area contributed by atoms with Gasteiger partial charge in [-0.2, -0.15) is 0 Å². The topological polar surface area (TPSA) is 171 Å². The molecule has 49 heavy (non-hydrogen) atoms. The van der Waals surface area contributed by atoms with Gasteiger partial charge in [0.2, 0.25) is 17.6 Å². The lowest BCUT2D eigenvalue weighted by atomic mass is 9.83. The summed E-state index contributed by atoms with van der Waals surface area (Å²) >= 11 is 0. The summed E-state index contributed by atoms with van der Waals surface area (Å²) in [6.07, 6.45) is 12.5. The van der Waals surface area contributed by atoms with Crippen molar-refractivity contribution in [1.82, 2.24) is 26.2 Å². The van der Waals surface area contributed by atoms with Crippen LogP contribution in [0, 0.1) is 35.0 Å². The van der Waals surface area contributed by atoms with Crippen LogP contribution in [0.2, 0.25) is 0 Å². The number of ketones is 1. The molecule has 0 bridgehead atoms. The van der Waals surface area contributed by atoms with Crippen LogP contribution >= 0.6 is 0 Å². The summed E-state index contributed by atoms with van der Waals surface area (Å²) in [5, 5.41) is 11.1. The van der Waals surface area contributed by atoms with Crippen molar-refractivity contribution < 1.29 is 32.4 Å². The summed E-state index contributed by atoms with van der Waals surface area (Å²) in [5.41, 5.74) is -1.73. The highest BCUT2D eigenvalue weighted by Crippen LogP contribution is 2.78. The largest absolute Gasteiger partial charge is 0.346 e. The van der Waals surface area contributed by atoms with Gasteiger partial charge >= 0.3 is 6.03 Å². The Kier molecular flexibility index (Phi) is 11.0. The smallest absolute Gasteiger partial charge is 0.315 e. The third-order valence-electron chi connectivity index (χ3n) is 11.0. The van der Waals surface area contributed by atoms with Crippen LogP contribution in [0.4, 0.5) is 4.79 Å². The number of nitrogens with zero attached hydrogens (tertiary/aromatic N) is 1. The number of nitrogens with one attached hydrogen (secondary N) is 4. The van der Waals surface area contributed by atoms with Gasteiger partial charge in [-0.3, -0.25) is 19.2 Å². The van der Waals surface area contributed by atoms with Crippen molar-refractivity contribution in [3.63, 3.8) is 0 Å². The fraction of sp³-hybridized carbons (Fsp3) is 0.750. The standard InChI is InChI=1S/C36H55N5O7S/c1-9-11-15-24(27(42)30(44)37-20-10-2)38-29(43)26-25-23(36(25)18-19-36)21-41(26)31(45)28(33(3,4)5)39-32(46)40-35(16-13-12-14-17-35)22-49(47,48)34(6,7)8/h1,10,23-26,28H,2,11-22H2,3-8H3,(H,37,44)(H,38,43)(H2,39,40,46)/t23?,24?,25-,26-,28+/m0/s1. The molecule has 0 aromatic heterocycles. The number of urea groups is 1. The Bertz CT molecular complexity index is 1490. The molecule has 13 heteroatoms. The Hall–Kier alpha value is -3.40. The molecule has 3 aliphatic carbocycles. The molecule has 1 aliphatic heterocycles. The zero-order valence-corrected chi connectivity index (χ0v) is 30.8. The fourth-order valence-electron chi connectivity index (χ4n) is 7.84. The van der Waals surface area contributed by atoms with E-state index in [0.717, 1.165) is 32.1 Å². The van der Waals surface area contributed by atoms with Crippen LogP contribution in [0.1, 0.15) is 99.3 Å². The maximum atomic E-state index is 14.4. The lowest BCUT2D eigenvalue weighted by molar-refractivity contribution is -0.145. The van der Waals surface area contributed by atoms with E-state index in [1.165, 1.54) is 11.0 Å². The Morgan fingerprint density at radius 3 is 2.16 bits per heavy atom. The average Bonchev–Trinajstić information content (AvgIpc) is 3.86. The van der Waals surface area contributed by atoms with Crippen molar-refractivity contribution in [3.05, 3.63) is 12.7 Å². The second-order valence-electron chi connectivity index (χ2n) is 16.6. The molecule has 4 N–H and O–H groups in total. The van der Waals surface area contributed by atoms with Crippen molar-refractivity contribution in [2.45, 2.75) is 128 Å². The number of carbonyl (C=O) groups is 5. The van der Waals surface area contributed by atoms with Crippen molar-refractivity contribution >= 4 is 39.4 Å². The van der Waals surface area contributed by atoms with E-state index in [1.807, 2.05) is 20.8 Å². The minimum Gasteiger partial charge on any atom is -0.346 e. The van der Waals surface area contributed by atoms with Gasteiger partial charge in [0.1, 0.15) is 12.1 Å². The van der Waals surface area contributed by atoms with E-state index in [2.05, 4.69) is 33.8 Å². The molecule has 0 aromatic rings. The maximum absolute atomic E-state index is 14.4. The lowest BCUT2D eigenvalue weighted by Gasteiger charge is -2.41. The molecule has 2 unspecified atom stereocenters. The summed E-state index contributed by atoms with van der Waals surface area (Å²) in [6.45, 7) is 14.4. The molecule has 1 heterocycles. The first kappa shape index (κ1) is 38.4. The zero-order valence-electron chi connectivity index (χ0n) is 29.9. The van der Waals surface area contributed by atoms with E-state index < -0.39 is 73.2 Å². The second kappa shape index (κ2) is 14.1. The van der Waals surface area contributed by atoms with E-state index in [4.69, 9.17) is 6.42 Å². The highest BCUT2D eigenvalue weighted by molar-refractivity contribution is 7.92. The predicted molar refractivity (Wildman–Crippen MR) is 187 cm³/mol. The Balaban J connectivity index is 1.55. The van der Waals surface area contributed by atoms with Gasteiger partial charge in [-0.15, -0.1) is 18.9 Å². The number of carbonyl (C=O) groups excluding carboxylic acids is 5. The number of rotatable bonds is 13. The number of fused-ring (bicyclic) bond motifs is 3. The van der Waals surface area contributed by atoms with E-state index in [-0.39, 0.29) is 42.4 Å². The molecule has 12 nitrogen and oxygen atoms in total. The zero-order chi connectivity index (χ0) is 36.6. The molecule has 3 saturated carbocycles. The molecule has 4 aliphatic rings. The minimum atomic E-state index is -3.57. The summed E-state index contributed by atoms with van der Waals surface area (Å²) in [4.78, 5) is 69.3. The molecular formula is C36H55N5O7S. The molecule has 0 aromatic carbocycles. The SMILES string of the molecule is C#CCCC(NC(=O)[C@@H]1[C@@H]2C(CN1C(=O)[C@@H](NC(=O)NC1(CS(=O)(=O)C(C)(C)C)CCCCC1)C(C)(C)C)C21CC1)C(=O)C(=O)NCC=C. The van der Waals surface area contributed by atoms with E-state index in [9.17, 15) is 32.4 Å². The lowest BCUT2D eigenvalue weighted by Crippen LogP contribution is -2.64. The van der Waals surface area contributed by atoms with Gasteiger partial charge in [0, 0.05) is 19.5 Å². The first-order valence-electron chi connectivity index (χ1n) is 17.5. The Morgan fingerprint density at radius 2 is 1.63 bits per heavy atom. The first-order chi connectivity index (χ1) is 22.7. The maximum Gasteiger partial charge on any atom is 0.315 e. The number of Topliss-reactive ketones (excluding diaryl/α,β-unsaturated/α-hetero) is 1. The van der Waals surface area contributed by atoms with Gasteiger partial charge in [0.05, 0.1) is 22.1 Å². The third kappa shape index (κ3) is 8.16. The highest BCUT2D eigenvalue weighted by atomic mass is 32.2. The molecular weight excluding hydrogens is 646 g/mol. The van der Waals surface area contributed by atoms with Gasteiger partial charge in [-0.05, 0) is 75.5 Å². The van der Waals surface area contributed by atoms with Crippen LogP contribution in [-0.2, 0) is 29.0 Å². The van der Waals surface area contributed by atoms with E-state index >= 15 is 0 Å². The van der Waals surface area contributed by atoms with Crippen molar-refractivity contribution in [2.75, 3.05) is 18.8 Å². The van der Waals surface area contributed by atoms with Gasteiger partial charge in [-0.1, -0.05) is 46.1 Å². The molecule has 1 saturated heterocycles. The van der Waals surface area contributed by atoms with Crippen molar-refractivity contribution in [2.24, 2.45) is 22.7 Å². The van der Waals surface area contributed by atoms with Crippen LogP contribution in [-0.4, -0.2) is 90.1 Å². The van der Waals surface area contributed by atoms with Crippen LogP contribution in [0.15, 0.2) is 12.7 Å². The van der Waals surface area contributed by atoms with E-state index in [1.54, 1.807) is 20.8 Å². The Morgan fingerprint density at radius 1 is 1.00 bits per heavy atom. The fourth-order valence-corrected chi connectivity index (χ4v) is 9.36. The summed E-state index contributed by atoms with van der Waals surface area (Å²) in [7, 11) is -3.57. The number of hydrogen-bond donors (Lipinski definition) is 4. The van der Waals surface area contributed by atoms with Crippen molar-refractivity contribution in [3.8, 4) is 12.3 Å². The van der Waals surface area contributed by atoms with Gasteiger partial charge in [0.25, 0.3) is 5.91 Å². The van der Waals surface area contributed by atoms with Gasteiger partial charge in [0.15, 0.2) is 9.84 Å². The minimum absolute atomic E-state index is 0.00633. The van der Waals surface area contributed by atoms with Gasteiger partial charge < -0.3 is 26.2 Å². The summed E-state index contributed by atoms with van der Waals surface area (Å²) in [6, 6.07) is -3.72. The number of likely N-dealkylation sites (tertiary alicyclic amines) is 1. The molecule has 5 atom stereocenters. The number of sulfone groups is 1. The molecule has 4 rings (SSSR count). The molecule has 4 fully saturated rings. The quantitative estimate of drug-likeness (QED) is 0.130. The molecule has 5 amide bonds. The van der Waals surface area contributed by atoms with Crippen LogP contribution in [0.25, 0.3) is 0 Å². The summed E-state index contributed by atoms with van der Waals surface area (Å²) < 4.78 is 25.6. The normalized spacial score (nSPS) is 24.8. The molecule has 0 radical (unpaired) electrons. The first-order valence-corrected chi connectivity index (χ1v) is 19.2. The number of amides is 5. The number of piperidine rings is 1. The van der Waals surface area contributed by atoms with E-state index in [0.29, 0.717) is 19.4 Å². The molecule has 1 spiro atoms. The molecule has 272 valence electrons. The summed E-state index contributed by atoms with van der Waals surface area (Å²) in [5.74, 6) is -0.349. The average molecular weight is 702 g/mol. The van der Waals surface area contributed by atoms with Gasteiger partial charge in [-0.25, -0.2) is 13.2 Å². The van der Waals surface area contributed by atoms with Crippen LogP contribution in [0.5, 0.6) is 0 Å². The number of terminal acetylenes is 1. The second-order valence-corrected chi connectivity index (χ2v) is 19.3. The van der Waals surface area contributed by atoms with Crippen LogP contribution in [0.3, 0.4) is 0 Å². The highest BCUT2D eigenvalue weighted by Gasteiger charge is 2.79. The third-order valence-corrected chi connectivity index (χ3v) is 13.8. The predicted octanol–water partition coefficient (Wildman–Crippen LogP) is 2.62. The number of hydrogen-bond acceptors (Lipinski definition) is 7. The monoisotopic (exact) mass is 701 g/mol. The van der Waals surface area contributed by atoms with Crippen LogP contribution < -0.4 is 21.3 Å². The Labute approximate surface area is 291 Å².